The van der Waals surface area contributed by atoms with Gasteiger partial charge in [-0.1, -0.05) is 6.07 Å². The van der Waals surface area contributed by atoms with Crippen molar-refractivity contribution in [2.24, 2.45) is 0 Å². The minimum Gasteiger partial charge on any atom is -0.310 e. The van der Waals surface area contributed by atoms with Crippen molar-refractivity contribution in [3.63, 3.8) is 0 Å². The van der Waals surface area contributed by atoms with Crippen LogP contribution in [0.5, 0.6) is 0 Å². The van der Waals surface area contributed by atoms with E-state index in [1.807, 2.05) is 36.7 Å². The molecular formula is C19H20N2O3S3. The molecule has 0 aliphatic heterocycles. The van der Waals surface area contributed by atoms with E-state index in [9.17, 15) is 13.2 Å². The van der Waals surface area contributed by atoms with Crippen LogP contribution >= 0.6 is 22.7 Å². The van der Waals surface area contributed by atoms with Crippen molar-refractivity contribution in [1.82, 2.24) is 4.98 Å². The minimum atomic E-state index is -3.26. The maximum atomic E-state index is 12.9. The van der Waals surface area contributed by atoms with Gasteiger partial charge in [0.25, 0.3) is 0 Å². The monoisotopic (exact) mass is 420 g/mol. The number of hydrogen-bond acceptors (Lipinski definition) is 6. The summed E-state index contributed by atoms with van der Waals surface area (Å²) in [6.07, 6.45) is 1.37. The Morgan fingerprint density at radius 1 is 1.15 bits per heavy atom. The lowest BCUT2D eigenvalue weighted by atomic mass is 10.2. The van der Waals surface area contributed by atoms with Crippen LogP contribution in [-0.2, 0) is 21.1 Å². The second-order valence-corrected chi connectivity index (χ2v) is 10.2. The first-order chi connectivity index (χ1) is 12.8. The molecule has 2 aromatic heterocycles. The molecule has 0 radical (unpaired) electrons. The van der Waals surface area contributed by atoms with Crippen molar-refractivity contribution < 1.29 is 13.2 Å². The van der Waals surface area contributed by atoms with Gasteiger partial charge >= 0.3 is 0 Å². The Morgan fingerprint density at radius 3 is 2.41 bits per heavy atom. The molecule has 1 aromatic carbocycles. The Labute approximate surface area is 167 Å². The Kier molecular flexibility index (Phi) is 5.78. The fraction of sp³-hybridized carbons (Fsp3) is 0.263. The third-order valence-electron chi connectivity index (χ3n) is 3.94. The SMILES string of the molecule is CC(C)N(C(=O)Cc1csc(-c2cccs2)n1)c1ccc(S(C)(=O)=O)cc1. The number of carbonyl (C=O) groups is 1. The predicted molar refractivity (Wildman–Crippen MR) is 111 cm³/mol. The summed E-state index contributed by atoms with van der Waals surface area (Å²) in [7, 11) is -3.26. The van der Waals surface area contributed by atoms with Crippen LogP contribution in [0.3, 0.4) is 0 Å². The highest BCUT2D eigenvalue weighted by molar-refractivity contribution is 7.90. The number of aromatic nitrogens is 1. The molecule has 0 saturated carbocycles. The van der Waals surface area contributed by atoms with Crippen LogP contribution in [0.1, 0.15) is 19.5 Å². The van der Waals surface area contributed by atoms with E-state index in [2.05, 4.69) is 4.98 Å². The smallest absolute Gasteiger partial charge is 0.233 e. The van der Waals surface area contributed by atoms with E-state index in [1.54, 1.807) is 28.4 Å². The van der Waals surface area contributed by atoms with Crippen LogP contribution in [0, 0.1) is 0 Å². The molecule has 0 spiro atoms. The molecule has 0 atom stereocenters. The molecule has 0 fully saturated rings. The number of carbonyl (C=O) groups excluding carboxylic acids is 1. The molecule has 0 aliphatic rings. The van der Waals surface area contributed by atoms with Gasteiger partial charge in [0.05, 0.1) is 21.9 Å². The van der Waals surface area contributed by atoms with E-state index < -0.39 is 9.84 Å². The lowest BCUT2D eigenvalue weighted by molar-refractivity contribution is -0.118. The van der Waals surface area contributed by atoms with Gasteiger partial charge in [0.15, 0.2) is 9.84 Å². The van der Waals surface area contributed by atoms with Gasteiger partial charge in [-0.2, -0.15) is 0 Å². The lowest BCUT2D eigenvalue weighted by Crippen LogP contribution is -2.38. The maximum Gasteiger partial charge on any atom is 0.233 e. The number of nitrogens with zero attached hydrogens (tertiary/aromatic N) is 2. The van der Waals surface area contributed by atoms with Gasteiger partial charge < -0.3 is 4.90 Å². The first-order valence-corrected chi connectivity index (χ1v) is 12.0. The van der Waals surface area contributed by atoms with Crippen molar-refractivity contribution in [2.75, 3.05) is 11.2 Å². The molecule has 0 N–H and O–H groups in total. The number of sulfone groups is 1. The van der Waals surface area contributed by atoms with E-state index in [-0.39, 0.29) is 23.3 Å². The van der Waals surface area contributed by atoms with E-state index in [0.717, 1.165) is 15.6 Å². The topological polar surface area (TPSA) is 67.3 Å². The van der Waals surface area contributed by atoms with Crippen molar-refractivity contribution in [3.05, 3.63) is 52.9 Å². The van der Waals surface area contributed by atoms with Crippen molar-refractivity contribution in [2.45, 2.75) is 31.2 Å². The van der Waals surface area contributed by atoms with E-state index >= 15 is 0 Å². The molecule has 27 heavy (non-hydrogen) atoms. The van der Waals surface area contributed by atoms with Crippen molar-refractivity contribution >= 4 is 44.1 Å². The normalized spacial score (nSPS) is 11.7. The van der Waals surface area contributed by atoms with Gasteiger partial charge in [-0.05, 0) is 49.6 Å². The fourth-order valence-corrected chi connectivity index (χ4v) is 4.99. The zero-order valence-electron chi connectivity index (χ0n) is 15.2. The van der Waals surface area contributed by atoms with E-state index in [4.69, 9.17) is 0 Å². The molecule has 142 valence electrons. The molecule has 5 nitrogen and oxygen atoms in total. The number of rotatable bonds is 6. The Bertz CT molecular complexity index is 1020. The summed E-state index contributed by atoms with van der Waals surface area (Å²) in [4.78, 5) is 20.5. The Morgan fingerprint density at radius 2 is 1.85 bits per heavy atom. The lowest BCUT2D eigenvalue weighted by Gasteiger charge is -2.27. The van der Waals surface area contributed by atoms with Crippen LogP contribution in [0.15, 0.2) is 52.1 Å². The van der Waals surface area contributed by atoms with Crippen LogP contribution in [-0.4, -0.2) is 31.6 Å². The largest absolute Gasteiger partial charge is 0.310 e. The Hall–Kier alpha value is -2.03. The predicted octanol–water partition coefficient (Wildman–Crippen LogP) is 4.26. The van der Waals surface area contributed by atoms with Gasteiger partial charge in [0, 0.05) is 23.4 Å². The number of amides is 1. The summed E-state index contributed by atoms with van der Waals surface area (Å²) >= 11 is 3.15. The number of anilines is 1. The zero-order valence-corrected chi connectivity index (χ0v) is 17.7. The Balaban J connectivity index is 1.80. The van der Waals surface area contributed by atoms with Gasteiger partial charge in [0.1, 0.15) is 5.01 Å². The second-order valence-electron chi connectivity index (χ2n) is 6.42. The summed E-state index contributed by atoms with van der Waals surface area (Å²) < 4.78 is 23.3. The molecule has 8 heteroatoms. The average Bonchev–Trinajstić information content (AvgIpc) is 3.25. The van der Waals surface area contributed by atoms with Crippen molar-refractivity contribution in [1.29, 1.82) is 0 Å². The number of thiophene rings is 1. The maximum absolute atomic E-state index is 12.9. The van der Waals surface area contributed by atoms with Gasteiger partial charge in [-0.25, -0.2) is 13.4 Å². The summed E-state index contributed by atoms with van der Waals surface area (Å²) in [5, 5.41) is 4.84. The molecule has 3 rings (SSSR count). The van der Waals surface area contributed by atoms with Crippen molar-refractivity contribution in [3.8, 4) is 9.88 Å². The highest BCUT2D eigenvalue weighted by atomic mass is 32.2. The highest BCUT2D eigenvalue weighted by Crippen LogP contribution is 2.28. The number of hydrogen-bond donors (Lipinski definition) is 0. The zero-order chi connectivity index (χ0) is 19.6. The highest BCUT2D eigenvalue weighted by Gasteiger charge is 2.21. The third-order valence-corrected chi connectivity index (χ3v) is 7.00. The molecule has 1 amide bonds. The number of benzene rings is 1. The summed E-state index contributed by atoms with van der Waals surface area (Å²) in [5.74, 6) is -0.0693. The molecule has 0 unspecified atom stereocenters. The van der Waals surface area contributed by atoms with Crippen LogP contribution < -0.4 is 4.90 Å². The van der Waals surface area contributed by atoms with Crippen LogP contribution in [0.4, 0.5) is 5.69 Å². The summed E-state index contributed by atoms with van der Waals surface area (Å²) in [6, 6.07) is 10.3. The summed E-state index contributed by atoms with van der Waals surface area (Å²) in [5.41, 5.74) is 1.42. The van der Waals surface area contributed by atoms with Gasteiger partial charge in [0.2, 0.25) is 5.91 Å². The first kappa shape index (κ1) is 19.7. The fourth-order valence-electron chi connectivity index (χ4n) is 2.73. The molecular weight excluding hydrogens is 400 g/mol. The van der Waals surface area contributed by atoms with Crippen LogP contribution in [0.2, 0.25) is 0 Å². The standard InChI is InChI=1S/C19H20N2O3S3/c1-13(2)21(15-6-8-16(9-7-15)27(3,23)24)18(22)11-14-12-26-19(20-14)17-5-4-10-25-17/h4-10,12-13H,11H2,1-3H3. The van der Waals surface area contributed by atoms with E-state index in [1.165, 1.54) is 29.7 Å². The van der Waals surface area contributed by atoms with E-state index in [0.29, 0.717) is 5.69 Å². The van der Waals surface area contributed by atoms with Gasteiger partial charge in [-0.3, -0.25) is 4.79 Å². The second kappa shape index (κ2) is 7.92. The molecule has 3 aromatic rings. The first-order valence-electron chi connectivity index (χ1n) is 8.36. The molecule has 2 heterocycles. The average molecular weight is 421 g/mol. The quantitative estimate of drug-likeness (QED) is 0.598. The van der Waals surface area contributed by atoms with Crippen LogP contribution in [0.25, 0.3) is 9.88 Å². The minimum absolute atomic E-state index is 0.0583. The van der Waals surface area contributed by atoms with Gasteiger partial charge in [-0.15, -0.1) is 22.7 Å². The molecule has 0 bridgehead atoms. The molecule has 0 saturated heterocycles. The summed E-state index contributed by atoms with van der Waals surface area (Å²) in [6.45, 7) is 3.86. The molecule has 0 aliphatic carbocycles. The number of thiazole rings is 1. The third kappa shape index (κ3) is 4.63.